The van der Waals surface area contributed by atoms with Gasteiger partial charge < -0.3 is 9.47 Å². The minimum atomic E-state index is 0.974. The van der Waals surface area contributed by atoms with E-state index in [1.807, 2.05) is 0 Å². The summed E-state index contributed by atoms with van der Waals surface area (Å²) in [5.41, 5.74) is 0. The van der Waals surface area contributed by atoms with Gasteiger partial charge in [-0.2, -0.15) is 0 Å². The molecule has 1 atom stereocenters. The first kappa shape index (κ1) is 36.9. The van der Waals surface area contributed by atoms with Crippen LogP contribution < -0.4 is 0 Å². The highest BCUT2D eigenvalue weighted by Gasteiger charge is 2.08. The van der Waals surface area contributed by atoms with Crippen LogP contribution in [0.25, 0.3) is 0 Å². The van der Waals surface area contributed by atoms with Gasteiger partial charge in [-0.15, -0.1) is 0 Å². The molecule has 0 spiro atoms. The molecule has 0 bridgehead atoms. The molecule has 2 heteroatoms. The van der Waals surface area contributed by atoms with Crippen LogP contribution in [0.3, 0.4) is 0 Å². The summed E-state index contributed by atoms with van der Waals surface area (Å²) in [5.74, 6) is 0.997. The van der Waals surface area contributed by atoms with Crippen molar-refractivity contribution in [1.29, 1.82) is 0 Å². The first-order chi connectivity index (χ1) is 18.3. The monoisotopic (exact) mass is 525 g/mol. The Bertz CT molecular complexity index is 383. The van der Waals surface area contributed by atoms with Crippen LogP contribution >= 0.6 is 0 Å². The van der Waals surface area contributed by atoms with Gasteiger partial charge in [0.25, 0.3) is 0 Å². The van der Waals surface area contributed by atoms with Gasteiger partial charge in [-0.1, -0.05) is 168 Å². The van der Waals surface area contributed by atoms with Crippen molar-refractivity contribution < 1.29 is 9.47 Å². The van der Waals surface area contributed by atoms with Gasteiger partial charge in [0.15, 0.2) is 0 Å². The molecule has 0 rings (SSSR count). The van der Waals surface area contributed by atoms with Crippen LogP contribution in [0.5, 0.6) is 0 Å². The molecule has 0 aliphatic carbocycles. The molecule has 0 aromatic heterocycles. The maximum absolute atomic E-state index is 5.85. The predicted molar refractivity (Wildman–Crippen MR) is 167 cm³/mol. The maximum atomic E-state index is 5.85. The van der Waals surface area contributed by atoms with E-state index in [0.29, 0.717) is 0 Å². The highest BCUT2D eigenvalue weighted by molar-refractivity contribution is 4.62. The molecular formula is C35H72O2. The Hall–Kier alpha value is -0.0800. The SMILES string of the molecule is CCCCCCCCOCCCCCCCC(CCCCC)CCCCCCCCCOCCCCC. The van der Waals surface area contributed by atoms with Crippen LogP contribution in [-0.4, -0.2) is 26.4 Å². The van der Waals surface area contributed by atoms with Gasteiger partial charge in [-0.3, -0.25) is 0 Å². The summed E-state index contributed by atoms with van der Waals surface area (Å²) in [6.07, 6.45) is 37.5. The molecule has 224 valence electrons. The van der Waals surface area contributed by atoms with Crippen LogP contribution in [0, 0.1) is 5.92 Å². The highest BCUT2D eigenvalue weighted by Crippen LogP contribution is 2.24. The zero-order chi connectivity index (χ0) is 26.9. The van der Waals surface area contributed by atoms with Gasteiger partial charge in [-0.25, -0.2) is 0 Å². The zero-order valence-electron chi connectivity index (χ0n) is 26.3. The Kier molecular flexibility index (Phi) is 33.9. The van der Waals surface area contributed by atoms with E-state index < -0.39 is 0 Å². The molecule has 0 radical (unpaired) electrons. The van der Waals surface area contributed by atoms with E-state index in [0.717, 1.165) is 32.3 Å². The fraction of sp³-hybridized carbons (Fsp3) is 1.00. The first-order valence-electron chi connectivity index (χ1n) is 17.5. The lowest BCUT2D eigenvalue weighted by atomic mass is 9.89. The third-order valence-electron chi connectivity index (χ3n) is 8.05. The van der Waals surface area contributed by atoms with Crippen LogP contribution in [0.2, 0.25) is 0 Å². The summed E-state index contributed by atoms with van der Waals surface area (Å²) in [4.78, 5) is 0. The Morgan fingerprint density at radius 3 is 0.946 bits per heavy atom. The number of rotatable bonds is 33. The van der Waals surface area contributed by atoms with Crippen molar-refractivity contribution in [1.82, 2.24) is 0 Å². The molecule has 0 heterocycles. The van der Waals surface area contributed by atoms with Crippen molar-refractivity contribution in [2.45, 2.75) is 194 Å². The molecule has 2 nitrogen and oxygen atoms in total. The number of hydrogen-bond donors (Lipinski definition) is 0. The van der Waals surface area contributed by atoms with E-state index in [1.54, 1.807) is 0 Å². The summed E-state index contributed by atoms with van der Waals surface area (Å²) >= 11 is 0. The summed E-state index contributed by atoms with van der Waals surface area (Å²) in [5, 5.41) is 0. The molecule has 0 aromatic carbocycles. The van der Waals surface area contributed by atoms with Gasteiger partial charge in [-0.05, 0) is 31.6 Å². The molecular weight excluding hydrogens is 452 g/mol. The van der Waals surface area contributed by atoms with Gasteiger partial charge in [0.1, 0.15) is 0 Å². The minimum absolute atomic E-state index is 0.974. The zero-order valence-corrected chi connectivity index (χ0v) is 26.3. The molecule has 0 N–H and O–H groups in total. The normalized spacial score (nSPS) is 12.4. The third kappa shape index (κ3) is 32.0. The maximum Gasteiger partial charge on any atom is 0.0466 e. The smallest absolute Gasteiger partial charge is 0.0466 e. The summed E-state index contributed by atoms with van der Waals surface area (Å²) in [7, 11) is 0. The minimum Gasteiger partial charge on any atom is -0.381 e. The van der Waals surface area contributed by atoms with Crippen molar-refractivity contribution in [3.63, 3.8) is 0 Å². The Morgan fingerprint density at radius 2 is 0.541 bits per heavy atom. The van der Waals surface area contributed by atoms with Crippen molar-refractivity contribution in [2.24, 2.45) is 5.92 Å². The number of unbranched alkanes of at least 4 members (excludes halogenated alkanes) is 19. The fourth-order valence-corrected chi connectivity index (χ4v) is 5.45. The second-order valence-electron chi connectivity index (χ2n) is 11.9. The van der Waals surface area contributed by atoms with Crippen LogP contribution in [0.4, 0.5) is 0 Å². The third-order valence-corrected chi connectivity index (χ3v) is 8.05. The highest BCUT2D eigenvalue weighted by atomic mass is 16.5. The quantitative estimate of drug-likeness (QED) is 0.0794. The number of hydrogen-bond acceptors (Lipinski definition) is 2. The van der Waals surface area contributed by atoms with E-state index in [4.69, 9.17) is 9.47 Å². The van der Waals surface area contributed by atoms with E-state index in [9.17, 15) is 0 Å². The second kappa shape index (κ2) is 33.9. The van der Waals surface area contributed by atoms with Crippen molar-refractivity contribution in [3.05, 3.63) is 0 Å². The molecule has 0 aliphatic heterocycles. The number of ether oxygens (including phenoxy) is 2. The van der Waals surface area contributed by atoms with E-state index in [1.165, 1.54) is 173 Å². The van der Waals surface area contributed by atoms with E-state index in [2.05, 4.69) is 20.8 Å². The lowest BCUT2D eigenvalue weighted by molar-refractivity contribution is 0.125. The average Bonchev–Trinajstić information content (AvgIpc) is 2.91. The Balaban J connectivity index is 3.56. The van der Waals surface area contributed by atoms with Gasteiger partial charge >= 0.3 is 0 Å². The van der Waals surface area contributed by atoms with Gasteiger partial charge in [0.2, 0.25) is 0 Å². The summed E-state index contributed by atoms with van der Waals surface area (Å²) in [6, 6.07) is 0. The summed E-state index contributed by atoms with van der Waals surface area (Å²) < 4.78 is 11.6. The molecule has 1 unspecified atom stereocenters. The largest absolute Gasteiger partial charge is 0.381 e. The van der Waals surface area contributed by atoms with Crippen molar-refractivity contribution in [3.8, 4) is 0 Å². The fourth-order valence-electron chi connectivity index (χ4n) is 5.45. The lowest BCUT2D eigenvalue weighted by Gasteiger charge is -2.17. The Labute approximate surface area is 235 Å². The molecule has 37 heavy (non-hydrogen) atoms. The molecule has 0 aromatic rings. The predicted octanol–water partition coefficient (Wildman–Crippen LogP) is 12.2. The Morgan fingerprint density at radius 1 is 0.297 bits per heavy atom. The molecule has 0 amide bonds. The molecule has 0 fully saturated rings. The van der Waals surface area contributed by atoms with Crippen molar-refractivity contribution >= 4 is 0 Å². The lowest BCUT2D eigenvalue weighted by Crippen LogP contribution is -2.02. The molecule has 0 saturated heterocycles. The van der Waals surface area contributed by atoms with E-state index >= 15 is 0 Å². The standard InChI is InChI=1S/C35H72O2/c1-4-7-10-11-18-25-33-37-34-27-20-15-17-23-30-35(28-21-8-5-2)29-22-16-13-12-14-19-26-32-36-31-24-9-6-3/h35H,4-34H2,1-3H3. The summed E-state index contributed by atoms with van der Waals surface area (Å²) in [6.45, 7) is 10.8. The first-order valence-corrected chi connectivity index (χ1v) is 17.5. The molecule has 0 aliphatic rings. The van der Waals surface area contributed by atoms with Crippen LogP contribution in [-0.2, 0) is 9.47 Å². The van der Waals surface area contributed by atoms with E-state index in [-0.39, 0.29) is 0 Å². The topological polar surface area (TPSA) is 18.5 Å². The molecule has 0 saturated carbocycles. The van der Waals surface area contributed by atoms with Crippen molar-refractivity contribution in [2.75, 3.05) is 26.4 Å². The average molecular weight is 525 g/mol. The van der Waals surface area contributed by atoms with Crippen LogP contribution in [0.1, 0.15) is 194 Å². The van der Waals surface area contributed by atoms with Gasteiger partial charge in [0.05, 0.1) is 0 Å². The van der Waals surface area contributed by atoms with Crippen LogP contribution in [0.15, 0.2) is 0 Å². The van der Waals surface area contributed by atoms with Gasteiger partial charge in [0, 0.05) is 26.4 Å². The second-order valence-corrected chi connectivity index (χ2v) is 11.9.